The van der Waals surface area contributed by atoms with Gasteiger partial charge in [0.2, 0.25) is 21.8 Å². The predicted octanol–water partition coefficient (Wildman–Crippen LogP) is 2.02. The average molecular weight is 469 g/mol. The number of nitrogens with zero attached hydrogens (tertiary/aromatic N) is 4. The molecular weight excluding hydrogens is 444 g/mol. The molecule has 0 atom stereocenters. The number of piperazine rings is 1. The van der Waals surface area contributed by atoms with E-state index in [2.05, 4.69) is 4.98 Å². The molecule has 2 aromatic rings. The summed E-state index contributed by atoms with van der Waals surface area (Å²) in [4.78, 5) is 34.5. The lowest BCUT2D eigenvalue weighted by atomic mass is 10.2. The first-order chi connectivity index (χ1) is 14.3. The third-order valence-corrected chi connectivity index (χ3v) is 9.41. The molecule has 4 heterocycles. The highest BCUT2D eigenvalue weighted by Crippen LogP contribution is 2.29. The molecular formula is C19H24N4O4S3. The van der Waals surface area contributed by atoms with Gasteiger partial charge in [0.15, 0.2) is 5.13 Å². The summed E-state index contributed by atoms with van der Waals surface area (Å²) in [6.45, 7) is 5.70. The Morgan fingerprint density at radius 2 is 1.90 bits per heavy atom. The van der Waals surface area contributed by atoms with Crippen LogP contribution in [0, 0.1) is 13.8 Å². The number of anilines is 1. The molecule has 0 spiro atoms. The van der Waals surface area contributed by atoms with Gasteiger partial charge in [0, 0.05) is 54.3 Å². The van der Waals surface area contributed by atoms with Crippen LogP contribution in [0.1, 0.15) is 28.3 Å². The van der Waals surface area contributed by atoms with Gasteiger partial charge in [-0.3, -0.25) is 14.5 Å². The van der Waals surface area contributed by atoms with Gasteiger partial charge in [-0.05, 0) is 26.3 Å². The summed E-state index contributed by atoms with van der Waals surface area (Å²) in [5.74, 6) is 0.00909. The molecule has 0 N–H and O–H groups in total. The Labute approximate surface area is 184 Å². The zero-order valence-electron chi connectivity index (χ0n) is 17.0. The molecule has 2 aromatic heterocycles. The molecule has 0 bridgehead atoms. The van der Waals surface area contributed by atoms with E-state index >= 15 is 0 Å². The van der Waals surface area contributed by atoms with Crippen LogP contribution in [-0.2, 0) is 26.0 Å². The van der Waals surface area contributed by atoms with Crippen molar-refractivity contribution in [2.24, 2.45) is 0 Å². The van der Waals surface area contributed by atoms with Crippen molar-refractivity contribution in [2.75, 3.05) is 37.6 Å². The maximum Gasteiger partial charge on any atom is 0.244 e. The van der Waals surface area contributed by atoms with Gasteiger partial charge in [-0.1, -0.05) is 0 Å². The number of amides is 2. The maximum absolute atomic E-state index is 12.9. The molecule has 2 aliphatic rings. The van der Waals surface area contributed by atoms with Crippen LogP contribution in [0.4, 0.5) is 5.13 Å². The van der Waals surface area contributed by atoms with Crippen molar-refractivity contribution in [3.05, 3.63) is 26.9 Å². The normalized spacial score (nSPS) is 18.4. The second-order valence-electron chi connectivity index (χ2n) is 7.51. The smallest absolute Gasteiger partial charge is 0.244 e. The van der Waals surface area contributed by atoms with Crippen molar-refractivity contribution >= 4 is 49.6 Å². The quantitative estimate of drug-likeness (QED) is 0.670. The largest absolute Gasteiger partial charge is 0.340 e. The second kappa shape index (κ2) is 8.37. The van der Waals surface area contributed by atoms with E-state index in [9.17, 15) is 18.0 Å². The third-order valence-electron chi connectivity index (χ3n) is 5.38. The Morgan fingerprint density at radius 3 is 2.50 bits per heavy atom. The molecule has 2 saturated heterocycles. The molecule has 162 valence electrons. The number of sulfonamides is 1. The van der Waals surface area contributed by atoms with E-state index in [4.69, 9.17) is 0 Å². The topological polar surface area (TPSA) is 90.9 Å². The molecule has 2 aliphatic heterocycles. The van der Waals surface area contributed by atoms with Crippen LogP contribution in [0.5, 0.6) is 0 Å². The highest BCUT2D eigenvalue weighted by atomic mass is 32.2. The van der Waals surface area contributed by atoms with Crippen LogP contribution in [0.2, 0.25) is 0 Å². The Balaban J connectivity index is 1.35. The summed E-state index contributed by atoms with van der Waals surface area (Å²) >= 11 is 2.86. The van der Waals surface area contributed by atoms with E-state index in [1.807, 2.05) is 19.2 Å². The van der Waals surface area contributed by atoms with Crippen LogP contribution in [0.15, 0.2) is 16.3 Å². The van der Waals surface area contributed by atoms with Crippen LogP contribution in [-0.4, -0.2) is 67.1 Å². The number of rotatable bonds is 5. The SMILES string of the molecule is Cc1cc(S(=O)(=O)N2CCN(C(=O)Cc3csc(N4CCCC4=O)n3)CC2)c(C)s1. The Morgan fingerprint density at radius 1 is 1.17 bits per heavy atom. The van der Waals surface area contributed by atoms with E-state index in [-0.39, 0.29) is 31.3 Å². The van der Waals surface area contributed by atoms with Crippen molar-refractivity contribution in [1.29, 1.82) is 0 Å². The number of carbonyl (C=O) groups is 2. The zero-order chi connectivity index (χ0) is 21.5. The summed E-state index contributed by atoms with van der Waals surface area (Å²) in [5.41, 5.74) is 0.652. The molecule has 4 rings (SSSR count). The standard InChI is InChI=1S/C19H24N4O4S3/c1-13-10-16(14(2)29-13)30(26,27)22-8-6-21(7-9-22)18(25)11-15-12-28-19(20-15)23-5-3-4-17(23)24/h10,12H,3-9,11H2,1-2H3. The minimum atomic E-state index is -3.53. The van der Waals surface area contributed by atoms with E-state index < -0.39 is 10.0 Å². The number of hydrogen-bond donors (Lipinski definition) is 0. The molecule has 0 radical (unpaired) electrons. The van der Waals surface area contributed by atoms with Gasteiger partial charge in [0.1, 0.15) is 0 Å². The molecule has 2 fully saturated rings. The minimum absolute atomic E-state index is 0.0702. The summed E-state index contributed by atoms with van der Waals surface area (Å²) < 4.78 is 27.3. The fourth-order valence-electron chi connectivity index (χ4n) is 3.80. The van der Waals surface area contributed by atoms with Gasteiger partial charge >= 0.3 is 0 Å². The van der Waals surface area contributed by atoms with Gasteiger partial charge < -0.3 is 4.90 Å². The van der Waals surface area contributed by atoms with Crippen molar-refractivity contribution in [3.8, 4) is 0 Å². The Hall–Kier alpha value is -1.82. The fourth-order valence-corrected chi connectivity index (χ4v) is 7.61. The van der Waals surface area contributed by atoms with E-state index in [1.54, 1.807) is 15.9 Å². The van der Waals surface area contributed by atoms with Crippen LogP contribution in [0.3, 0.4) is 0 Å². The number of thiazole rings is 1. The lowest BCUT2D eigenvalue weighted by molar-refractivity contribution is -0.131. The van der Waals surface area contributed by atoms with E-state index in [0.29, 0.717) is 41.8 Å². The first kappa shape index (κ1) is 21.4. The van der Waals surface area contributed by atoms with Gasteiger partial charge in [-0.2, -0.15) is 4.31 Å². The first-order valence-electron chi connectivity index (χ1n) is 9.85. The molecule has 30 heavy (non-hydrogen) atoms. The Kier molecular flexibility index (Phi) is 5.97. The zero-order valence-corrected chi connectivity index (χ0v) is 19.4. The van der Waals surface area contributed by atoms with Gasteiger partial charge in [0.25, 0.3) is 0 Å². The lowest BCUT2D eigenvalue weighted by Gasteiger charge is -2.34. The summed E-state index contributed by atoms with van der Waals surface area (Å²) in [7, 11) is -3.53. The van der Waals surface area contributed by atoms with Gasteiger partial charge in [0.05, 0.1) is 17.0 Å². The van der Waals surface area contributed by atoms with Crippen molar-refractivity contribution < 1.29 is 18.0 Å². The van der Waals surface area contributed by atoms with Crippen molar-refractivity contribution in [1.82, 2.24) is 14.2 Å². The molecule has 0 aliphatic carbocycles. The second-order valence-corrected chi connectivity index (χ2v) is 11.7. The van der Waals surface area contributed by atoms with E-state index in [1.165, 1.54) is 27.0 Å². The average Bonchev–Trinajstić information content (AvgIpc) is 3.42. The molecule has 0 aromatic carbocycles. The van der Waals surface area contributed by atoms with Crippen LogP contribution >= 0.6 is 22.7 Å². The minimum Gasteiger partial charge on any atom is -0.340 e. The van der Waals surface area contributed by atoms with Gasteiger partial charge in [-0.25, -0.2) is 13.4 Å². The highest BCUT2D eigenvalue weighted by Gasteiger charge is 2.32. The summed E-state index contributed by atoms with van der Waals surface area (Å²) in [6, 6.07) is 1.72. The first-order valence-corrected chi connectivity index (χ1v) is 13.0. The monoisotopic (exact) mass is 468 g/mol. The molecule has 0 saturated carbocycles. The highest BCUT2D eigenvalue weighted by molar-refractivity contribution is 7.89. The van der Waals surface area contributed by atoms with Crippen molar-refractivity contribution in [2.45, 2.75) is 38.0 Å². The summed E-state index contributed by atoms with van der Waals surface area (Å²) in [6.07, 6.45) is 1.55. The number of hydrogen-bond acceptors (Lipinski definition) is 7. The fraction of sp³-hybridized carbons (Fsp3) is 0.526. The lowest BCUT2D eigenvalue weighted by Crippen LogP contribution is -2.50. The number of carbonyl (C=O) groups excluding carboxylic acids is 2. The number of aromatic nitrogens is 1. The van der Waals surface area contributed by atoms with Crippen molar-refractivity contribution in [3.63, 3.8) is 0 Å². The Bertz CT molecular complexity index is 1070. The van der Waals surface area contributed by atoms with E-state index in [0.717, 1.165) is 16.2 Å². The number of aryl methyl sites for hydroxylation is 2. The predicted molar refractivity (Wildman–Crippen MR) is 117 cm³/mol. The molecule has 11 heteroatoms. The molecule has 8 nitrogen and oxygen atoms in total. The van der Waals surface area contributed by atoms with Crippen LogP contribution in [0.25, 0.3) is 0 Å². The molecule has 0 unspecified atom stereocenters. The number of thiophene rings is 1. The third kappa shape index (κ3) is 4.16. The van der Waals surface area contributed by atoms with Crippen LogP contribution < -0.4 is 4.90 Å². The summed E-state index contributed by atoms with van der Waals surface area (Å²) in [5, 5.41) is 2.47. The molecule has 2 amide bonds. The van der Waals surface area contributed by atoms with Gasteiger partial charge in [-0.15, -0.1) is 22.7 Å². The maximum atomic E-state index is 12.9.